The van der Waals surface area contributed by atoms with Gasteiger partial charge in [0.15, 0.2) is 0 Å². The molecule has 0 unspecified atom stereocenters. The quantitative estimate of drug-likeness (QED) is 0.855. The number of hydrogen-bond donors (Lipinski definition) is 2. The molecule has 0 fully saturated rings. The molecule has 0 spiro atoms. The molecule has 0 amide bonds. The van der Waals surface area contributed by atoms with Crippen LogP contribution in [0.5, 0.6) is 0 Å². The molecule has 2 N–H and O–H groups in total. The average Bonchev–Trinajstić information content (AvgIpc) is 2.74. The molecule has 2 aromatic rings. The molecule has 2 rings (SSSR count). The minimum absolute atomic E-state index is 0.0784. The Balaban J connectivity index is 2.13. The summed E-state index contributed by atoms with van der Waals surface area (Å²) in [4.78, 5) is 0. The van der Waals surface area contributed by atoms with Crippen LogP contribution in [0, 0.1) is 19.3 Å². The first-order chi connectivity index (χ1) is 9.94. The van der Waals surface area contributed by atoms with E-state index in [0.29, 0.717) is 0 Å². The van der Waals surface area contributed by atoms with Gasteiger partial charge in [0, 0.05) is 42.2 Å². The van der Waals surface area contributed by atoms with Gasteiger partial charge in [0.25, 0.3) is 0 Å². The lowest BCUT2D eigenvalue weighted by Gasteiger charge is -2.22. The van der Waals surface area contributed by atoms with E-state index < -0.39 is 0 Å². The van der Waals surface area contributed by atoms with Crippen LogP contribution in [-0.2, 0) is 6.54 Å². The van der Waals surface area contributed by atoms with Gasteiger partial charge in [0.05, 0.1) is 0 Å². The monoisotopic (exact) mass is 286 g/mol. The third-order valence-corrected chi connectivity index (χ3v) is 3.90. The zero-order valence-corrected chi connectivity index (χ0v) is 13.5. The fraction of sp³-hybridized carbons (Fsp3) is 0.444. The van der Waals surface area contributed by atoms with Crippen molar-refractivity contribution in [3.63, 3.8) is 0 Å². The maximum absolute atomic E-state index is 9.30. The molecule has 3 heteroatoms. The van der Waals surface area contributed by atoms with Crippen LogP contribution in [-0.4, -0.2) is 22.8 Å². The zero-order valence-electron chi connectivity index (χ0n) is 13.5. The van der Waals surface area contributed by atoms with E-state index in [1.165, 1.54) is 22.6 Å². The zero-order chi connectivity index (χ0) is 15.5. The molecule has 3 nitrogen and oxygen atoms in total. The second-order valence-corrected chi connectivity index (χ2v) is 6.49. The summed E-state index contributed by atoms with van der Waals surface area (Å²) < 4.78 is 2.29. The maximum Gasteiger partial charge on any atom is 0.0494 e. The van der Waals surface area contributed by atoms with Gasteiger partial charge in [0.1, 0.15) is 0 Å². The molecule has 114 valence electrons. The lowest BCUT2D eigenvalue weighted by Crippen LogP contribution is -2.31. The highest BCUT2D eigenvalue weighted by Gasteiger charge is 2.16. The van der Waals surface area contributed by atoms with E-state index >= 15 is 0 Å². The third-order valence-electron chi connectivity index (χ3n) is 3.90. The van der Waals surface area contributed by atoms with E-state index in [4.69, 9.17) is 0 Å². The molecule has 0 aliphatic carbocycles. The Kier molecular flexibility index (Phi) is 4.86. The first kappa shape index (κ1) is 15.8. The van der Waals surface area contributed by atoms with Gasteiger partial charge in [-0.05, 0) is 37.6 Å². The largest absolute Gasteiger partial charge is 0.396 e. The van der Waals surface area contributed by atoms with Crippen LogP contribution in [0.1, 0.15) is 30.8 Å². The predicted octanol–water partition coefficient (Wildman–Crippen LogP) is 3.20. The van der Waals surface area contributed by atoms with Crippen molar-refractivity contribution < 1.29 is 5.11 Å². The Labute approximate surface area is 127 Å². The fourth-order valence-electron chi connectivity index (χ4n) is 2.57. The van der Waals surface area contributed by atoms with Crippen molar-refractivity contribution >= 4 is 0 Å². The molecule has 1 aromatic carbocycles. The Bertz CT molecular complexity index is 585. The summed E-state index contributed by atoms with van der Waals surface area (Å²) in [6.45, 7) is 10.3. The van der Waals surface area contributed by atoms with Crippen molar-refractivity contribution in [1.82, 2.24) is 9.88 Å². The van der Waals surface area contributed by atoms with Gasteiger partial charge in [-0.25, -0.2) is 0 Å². The molecular weight excluding hydrogens is 260 g/mol. The number of hydrogen-bond acceptors (Lipinski definition) is 2. The summed E-state index contributed by atoms with van der Waals surface area (Å²) in [5.41, 5.74) is 4.95. The molecule has 0 bridgehead atoms. The molecule has 0 saturated carbocycles. The number of aryl methyl sites for hydroxylation is 1. The number of aliphatic hydroxyl groups excluding tert-OH is 1. The second kappa shape index (κ2) is 6.46. The molecule has 0 saturated heterocycles. The number of para-hydroxylation sites is 1. The molecule has 1 heterocycles. The number of nitrogens with one attached hydrogen (secondary N) is 1. The van der Waals surface area contributed by atoms with Gasteiger partial charge in [-0.1, -0.05) is 32.0 Å². The Morgan fingerprint density at radius 3 is 2.43 bits per heavy atom. The van der Waals surface area contributed by atoms with Crippen molar-refractivity contribution in [2.45, 2.75) is 34.2 Å². The number of aromatic nitrogens is 1. The summed E-state index contributed by atoms with van der Waals surface area (Å²) >= 11 is 0. The molecule has 0 atom stereocenters. The van der Waals surface area contributed by atoms with Crippen molar-refractivity contribution in [2.75, 3.05) is 13.2 Å². The normalized spacial score (nSPS) is 11.9. The summed E-state index contributed by atoms with van der Waals surface area (Å²) in [7, 11) is 0. The van der Waals surface area contributed by atoms with Gasteiger partial charge in [-0.3, -0.25) is 0 Å². The number of rotatable bonds is 6. The molecule has 0 aliphatic heterocycles. The van der Waals surface area contributed by atoms with Crippen LogP contribution in [0.4, 0.5) is 0 Å². The summed E-state index contributed by atoms with van der Waals surface area (Å²) in [6, 6.07) is 12.7. The maximum atomic E-state index is 9.30. The van der Waals surface area contributed by atoms with E-state index in [9.17, 15) is 5.11 Å². The second-order valence-electron chi connectivity index (χ2n) is 6.49. The molecule has 1 aromatic heterocycles. The van der Waals surface area contributed by atoms with E-state index in [1.54, 1.807) is 0 Å². The van der Waals surface area contributed by atoms with E-state index in [2.05, 4.69) is 67.9 Å². The summed E-state index contributed by atoms with van der Waals surface area (Å²) in [5.74, 6) is 0. The minimum atomic E-state index is -0.0784. The lowest BCUT2D eigenvalue weighted by atomic mass is 9.95. The van der Waals surface area contributed by atoms with Crippen molar-refractivity contribution in [3.05, 3.63) is 53.3 Å². The first-order valence-corrected chi connectivity index (χ1v) is 7.49. The van der Waals surface area contributed by atoms with Crippen LogP contribution in [0.2, 0.25) is 0 Å². The highest BCUT2D eigenvalue weighted by molar-refractivity contribution is 5.40. The van der Waals surface area contributed by atoms with Crippen molar-refractivity contribution in [3.8, 4) is 5.69 Å². The minimum Gasteiger partial charge on any atom is -0.396 e. The van der Waals surface area contributed by atoms with Crippen LogP contribution in [0.3, 0.4) is 0 Å². The van der Waals surface area contributed by atoms with Gasteiger partial charge < -0.3 is 15.0 Å². The Morgan fingerprint density at radius 2 is 1.81 bits per heavy atom. The number of aliphatic hydroxyl groups is 1. The predicted molar refractivity (Wildman–Crippen MR) is 87.8 cm³/mol. The summed E-state index contributed by atoms with van der Waals surface area (Å²) in [6.07, 6.45) is 0. The number of nitrogens with zero attached hydrogens (tertiary/aromatic N) is 1. The van der Waals surface area contributed by atoms with Crippen molar-refractivity contribution in [2.24, 2.45) is 5.41 Å². The Hall–Kier alpha value is -1.58. The van der Waals surface area contributed by atoms with Crippen LogP contribution in [0.25, 0.3) is 5.69 Å². The van der Waals surface area contributed by atoms with Crippen LogP contribution in [0.15, 0.2) is 36.4 Å². The summed E-state index contributed by atoms with van der Waals surface area (Å²) in [5, 5.41) is 12.8. The highest BCUT2D eigenvalue weighted by Crippen LogP contribution is 2.21. The van der Waals surface area contributed by atoms with Crippen LogP contribution >= 0.6 is 0 Å². The average molecular weight is 286 g/mol. The van der Waals surface area contributed by atoms with E-state index in [0.717, 1.165) is 13.1 Å². The first-order valence-electron chi connectivity index (χ1n) is 7.49. The molecule has 21 heavy (non-hydrogen) atoms. The standard InChI is InChI=1S/C18H26N2O/c1-14-10-16(11-19-12-18(3,4)13-21)15(2)20(14)17-8-6-5-7-9-17/h5-10,19,21H,11-13H2,1-4H3. The molecular formula is C18H26N2O. The molecule has 0 aliphatic rings. The topological polar surface area (TPSA) is 37.2 Å². The van der Waals surface area contributed by atoms with Gasteiger partial charge in [0.2, 0.25) is 0 Å². The molecule has 0 radical (unpaired) electrons. The SMILES string of the molecule is Cc1cc(CNCC(C)(C)CO)c(C)n1-c1ccccc1. The number of benzene rings is 1. The smallest absolute Gasteiger partial charge is 0.0494 e. The lowest BCUT2D eigenvalue weighted by molar-refractivity contribution is 0.156. The Morgan fingerprint density at radius 1 is 1.14 bits per heavy atom. The third kappa shape index (κ3) is 3.74. The van der Waals surface area contributed by atoms with E-state index in [-0.39, 0.29) is 12.0 Å². The van der Waals surface area contributed by atoms with Gasteiger partial charge in [-0.2, -0.15) is 0 Å². The highest BCUT2D eigenvalue weighted by atomic mass is 16.3. The van der Waals surface area contributed by atoms with Crippen molar-refractivity contribution in [1.29, 1.82) is 0 Å². The van der Waals surface area contributed by atoms with Gasteiger partial charge in [-0.15, -0.1) is 0 Å². The van der Waals surface area contributed by atoms with Crippen LogP contribution < -0.4 is 5.32 Å². The fourth-order valence-corrected chi connectivity index (χ4v) is 2.57. The van der Waals surface area contributed by atoms with E-state index in [1.807, 2.05) is 6.07 Å². The van der Waals surface area contributed by atoms with Gasteiger partial charge >= 0.3 is 0 Å².